The van der Waals surface area contributed by atoms with E-state index in [4.69, 9.17) is 5.73 Å². The Morgan fingerprint density at radius 2 is 2.37 bits per heavy atom. The van der Waals surface area contributed by atoms with E-state index in [-0.39, 0.29) is 0 Å². The molecule has 3 rings (SSSR count). The van der Waals surface area contributed by atoms with E-state index in [9.17, 15) is 0 Å². The van der Waals surface area contributed by atoms with Gasteiger partial charge in [-0.3, -0.25) is 0 Å². The first-order chi connectivity index (χ1) is 9.31. The van der Waals surface area contributed by atoms with Crippen LogP contribution >= 0.6 is 11.8 Å². The smallest absolute Gasteiger partial charge is 0.166 e. The number of H-pyrrole nitrogens is 1. The van der Waals surface area contributed by atoms with Gasteiger partial charge in [-0.2, -0.15) is 0 Å². The summed E-state index contributed by atoms with van der Waals surface area (Å²) in [6.45, 7) is 1.20. The Morgan fingerprint density at radius 1 is 1.42 bits per heavy atom. The molecule has 1 aromatic heterocycles. The zero-order chi connectivity index (χ0) is 13.1. The number of hydrogen-bond acceptors (Lipinski definition) is 4. The molecule has 1 unspecified atom stereocenters. The Bertz CT molecular complexity index is 545. The van der Waals surface area contributed by atoms with E-state index in [0.29, 0.717) is 0 Å². The summed E-state index contributed by atoms with van der Waals surface area (Å²) in [5.74, 6) is 1.12. The molecule has 0 aliphatic carbocycles. The summed E-state index contributed by atoms with van der Waals surface area (Å²) in [7, 11) is 0. The van der Waals surface area contributed by atoms with E-state index in [1.807, 2.05) is 18.2 Å². The number of benzene rings is 1. The highest BCUT2D eigenvalue weighted by Crippen LogP contribution is 2.22. The summed E-state index contributed by atoms with van der Waals surface area (Å²) in [5.41, 5.74) is 8.56. The van der Waals surface area contributed by atoms with Gasteiger partial charge in [0.25, 0.3) is 0 Å². The van der Waals surface area contributed by atoms with Crippen LogP contribution in [0.25, 0.3) is 11.0 Å². The first-order valence-corrected chi connectivity index (χ1v) is 7.91. The van der Waals surface area contributed by atoms with E-state index < -0.39 is 0 Å². The molecule has 102 valence electrons. The van der Waals surface area contributed by atoms with Gasteiger partial charge in [0.2, 0.25) is 0 Å². The number of nitrogens with two attached hydrogens (primary N) is 1. The second kappa shape index (κ2) is 5.84. The fourth-order valence-corrected chi connectivity index (χ4v) is 3.42. The molecular weight excluding hydrogens is 256 g/mol. The van der Waals surface area contributed by atoms with E-state index in [1.165, 1.54) is 32.2 Å². The minimum Gasteiger partial charge on any atom is -0.399 e. The van der Waals surface area contributed by atoms with Crippen molar-refractivity contribution < 1.29 is 0 Å². The minimum absolute atomic E-state index is 0.746. The fraction of sp³-hybridized carbons (Fsp3) is 0.500. The van der Waals surface area contributed by atoms with E-state index in [0.717, 1.165) is 33.7 Å². The molecule has 4 N–H and O–H groups in total. The Hall–Kier alpha value is -1.20. The van der Waals surface area contributed by atoms with Crippen LogP contribution in [0, 0.1) is 0 Å². The van der Waals surface area contributed by atoms with E-state index in [1.54, 1.807) is 11.8 Å². The van der Waals surface area contributed by atoms with E-state index in [2.05, 4.69) is 15.3 Å². The van der Waals surface area contributed by atoms with Crippen LogP contribution in [0.4, 0.5) is 5.69 Å². The molecule has 0 spiro atoms. The minimum atomic E-state index is 0.746. The number of fused-ring (bicyclic) bond motifs is 1. The van der Waals surface area contributed by atoms with Crippen LogP contribution in [-0.4, -0.2) is 28.3 Å². The van der Waals surface area contributed by atoms with Crippen LogP contribution < -0.4 is 11.1 Å². The summed E-state index contributed by atoms with van der Waals surface area (Å²) >= 11 is 1.80. The molecule has 1 atom stereocenters. The fourth-order valence-electron chi connectivity index (χ4n) is 2.57. The lowest BCUT2D eigenvalue weighted by atomic mass is 10.1. The van der Waals surface area contributed by atoms with E-state index >= 15 is 0 Å². The van der Waals surface area contributed by atoms with Crippen molar-refractivity contribution in [1.82, 2.24) is 15.3 Å². The highest BCUT2D eigenvalue weighted by molar-refractivity contribution is 7.99. The monoisotopic (exact) mass is 276 g/mol. The molecule has 4 nitrogen and oxygen atoms in total. The Morgan fingerprint density at radius 3 is 3.21 bits per heavy atom. The van der Waals surface area contributed by atoms with Gasteiger partial charge in [0.05, 0.1) is 11.0 Å². The topological polar surface area (TPSA) is 66.7 Å². The zero-order valence-electron chi connectivity index (χ0n) is 11.0. The molecule has 0 radical (unpaired) electrons. The van der Waals surface area contributed by atoms with Gasteiger partial charge in [0, 0.05) is 17.5 Å². The molecule has 19 heavy (non-hydrogen) atoms. The van der Waals surface area contributed by atoms with Gasteiger partial charge in [-0.05, 0) is 50.4 Å². The van der Waals surface area contributed by atoms with Crippen molar-refractivity contribution >= 4 is 28.5 Å². The molecule has 1 fully saturated rings. The number of thioether (sulfide) groups is 1. The van der Waals surface area contributed by atoms with Crippen molar-refractivity contribution in [1.29, 1.82) is 0 Å². The van der Waals surface area contributed by atoms with Crippen molar-refractivity contribution in [2.75, 3.05) is 18.0 Å². The highest BCUT2D eigenvalue weighted by atomic mass is 32.2. The van der Waals surface area contributed by atoms with Gasteiger partial charge < -0.3 is 16.0 Å². The van der Waals surface area contributed by atoms with Crippen molar-refractivity contribution in [3.8, 4) is 0 Å². The highest BCUT2D eigenvalue weighted by Gasteiger charge is 2.13. The molecule has 1 aromatic carbocycles. The average molecular weight is 276 g/mol. The van der Waals surface area contributed by atoms with Crippen LogP contribution in [0.1, 0.15) is 25.7 Å². The lowest BCUT2D eigenvalue weighted by Crippen LogP contribution is -2.20. The zero-order valence-corrected chi connectivity index (χ0v) is 11.8. The van der Waals surface area contributed by atoms with Gasteiger partial charge in [-0.15, -0.1) is 0 Å². The van der Waals surface area contributed by atoms with Gasteiger partial charge in [0.1, 0.15) is 0 Å². The lowest BCUT2D eigenvalue weighted by Gasteiger charge is -2.08. The third kappa shape index (κ3) is 3.22. The standard InChI is InChI=1S/C14H20N4S/c15-10-5-6-12-13(9-10)18-14(17-12)19-8-2-4-11-3-1-7-16-11/h5-6,9,11,16H,1-4,7-8,15H2,(H,17,18). The number of aromatic amines is 1. The third-order valence-corrected chi connectivity index (χ3v) is 4.54. The number of anilines is 1. The first-order valence-electron chi connectivity index (χ1n) is 6.93. The summed E-state index contributed by atoms with van der Waals surface area (Å²) in [4.78, 5) is 7.88. The maximum Gasteiger partial charge on any atom is 0.166 e. The van der Waals surface area contributed by atoms with Gasteiger partial charge >= 0.3 is 0 Å². The largest absolute Gasteiger partial charge is 0.399 e. The summed E-state index contributed by atoms with van der Waals surface area (Å²) in [6.07, 6.45) is 5.19. The van der Waals surface area contributed by atoms with Crippen LogP contribution in [0.5, 0.6) is 0 Å². The normalized spacial score (nSPS) is 19.3. The molecule has 1 saturated heterocycles. The van der Waals surface area contributed by atoms with Crippen molar-refractivity contribution in [3.63, 3.8) is 0 Å². The number of aromatic nitrogens is 2. The van der Waals surface area contributed by atoms with Gasteiger partial charge in [-0.1, -0.05) is 11.8 Å². The third-order valence-electron chi connectivity index (χ3n) is 3.58. The second-order valence-electron chi connectivity index (χ2n) is 5.10. The molecule has 0 amide bonds. The van der Waals surface area contributed by atoms with Crippen LogP contribution in [-0.2, 0) is 0 Å². The van der Waals surface area contributed by atoms with Gasteiger partial charge in [-0.25, -0.2) is 4.98 Å². The van der Waals surface area contributed by atoms with Crippen LogP contribution in [0.2, 0.25) is 0 Å². The van der Waals surface area contributed by atoms with Crippen LogP contribution in [0.15, 0.2) is 23.4 Å². The quantitative estimate of drug-likeness (QED) is 0.446. The predicted octanol–water partition coefficient (Wildman–Crippen LogP) is 2.77. The number of imidazole rings is 1. The molecule has 2 aromatic rings. The number of nitrogens with zero attached hydrogens (tertiary/aromatic N) is 1. The number of nitrogens with one attached hydrogen (secondary N) is 2. The maximum absolute atomic E-state index is 5.76. The summed E-state index contributed by atoms with van der Waals surface area (Å²) < 4.78 is 0. The maximum atomic E-state index is 5.76. The molecule has 1 aliphatic heterocycles. The molecule has 0 saturated carbocycles. The van der Waals surface area contributed by atoms with Crippen molar-refractivity contribution in [3.05, 3.63) is 18.2 Å². The van der Waals surface area contributed by atoms with Crippen LogP contribution in [0.3, 0.4) is 0 Å². The second-order valence-corrected chi connectivity index (χ2v) is 6.19. The summed E-state index contributed by atoms with van der Waals surface area (Å²) in [6, 6.07) is 6.54. The SMILES string of the molecule is Nc1ccc2nc(SCCCC3CCCN3)[nH]c2c1. The summed E-state index contributed by atoms with van der Waals surface area (Å²) in [5, 5.41) is 4.54. The molecule has 2 heterocycles. The molecule has 0 bridgehead atoms. The van der Waals surface area contributed by atoms with Crippen molar-refractivity contribution in [2.24, 2.45) is 0 Å². The Balaban J connectivity index is 1.50. The Labute approximate surface area is 117 Å². The number of rotatable bonds is 5. The number of nitrogen functional groups attached to an aromatic ring is 1. The molecule has 1 aliphatic rings. The van der Waals surface area contributed by atoms with Crippen molar-refractivity contribution in [2.45, 2.75) is 36.9 Å². The number of hydrogen-bond donors (Lipinski definition) is 3. The predicted molar refractivity (Wildman–Crippen MR) is 81.5 cm³/mol. The Kier molecular flexibility index (Phi) is 3.94. The van der Waals surface area contributed by atoms with Gasteiger partial charge in [0.15, 0.2) is 5.16 Å². The average Bonchev–Trinajstić information content (AvgIpc) is 3.02. The lowest BCUT2D eigenvalue weighted by molar-refractivity contribution is 0.553. The first kappa shape index (κ1) is 12.8. The molecule has 5 heteroatoms. The molecular formula is C14H20N4S.